The number of hydrogen-bond acceptors (Lipinski definition) is 1. The second kappa shape index (κ2) is 3.89. The quantitative estimate of drug-likeness (QED) is 0.450. The lowest BCUT2D eigenvalue weighted by Gasteiger charge is -1.84. The van der Waals surface area contributed by atoms with Gasteiger partial charge in [-0.2, -0.15) is 0 Å². The van der Waals surface area contributed by atoms with E-state index in [1.54, 1.807) is 19.1 Å². The Morgan fingerprint density at radius 1 is 1.56 bits per heavy atom. The average molecular weight is 126 g/mol. The lowest BCUT2D eigenvalue weighted by atomic mass is 10.2. The monoisotopic (exact) mass is 126 g/mol. The van der Waals surface area contributed by atoms with E-state index in [1.807, 2.05) is 6.92 Å². The summed E-state index contributed by atoms with van der Waals surface area (Å²) in [4.78, 5) is 9.97. The summed E-state index contributed by atoms with van der Waals surface area (Å²) in [5.74, 6) is -0.898. The van der Waals surface area contributed by atoms with E-state index in [0.29, 0.717) is 0 Å². The molecule has 0 saturated carbocycles. The molecule has 0 aliphatic rings. The van der Waals surface area contributed by atoms with E-state index in [1.165, 1.54) is 6.08 Å². The maximum atomic E-state index is 9.97. The summed E-state index contributed by atoms with van der Waals surface area (Å²) in [7, 11) is 0. The highest BCUT2D eigenvalue weighted by atomic mass is 16.4. The normalized spacial score (nSPS) is 12.4. The number of aliphatic carboxylic acids is 1. The van der Waals surface area contributed by atoms with Crippen LogP contribution in [0, 0.1) is 0 Å². The SMILES string of the molecule is C/C=C/C(C)=C\C(=O)O. The van der Waals surface area contributed by atoms with Crippen LogP contribution in [-0.4, -0.2) is 11.1 Å². The molecule has 0 fully saturated rings. The van der Waals surface area contributed by atoms with Crippen LogP contribution in [0.5, 0.6) is 0 Å². The third-order valence-corrected chi connectivity index (χ3v) is 0.781. The molecule has 0 bridgehead atoms. The van der Waals surface area contributed by atoms with Gasteiger partial charge >= 0.3 is 5.97 Å². The molecule has 0 aromatic rings. The highest BCUT2D eigenvalue weighted by Crippen LogP contribution is 1.92. The summed E-state index contributed by atoms with van der Waals surface area (Å²) < 4.78 is 0. The highest BCUT2D eigenvalue weighted by Gasteiger charge is 1.86. The number of carbonyl (C=O) groups is 1. The Balaban J connectivity index is 4.00. The van der Waals surface area contributed by atoms with Crippen molar-refractivity contribution in [2.24, 2.45) is 0 Å². The molecule has 0 aliphatic heterocycles. The molecule has 0 aromatic carbocycles. The molecule has 0 heterocycles. The van der Waals surface area contributed by atoms with Crippen molar-refractivity contribution in [2.45, 2.75) is 13.8 Å². The van der Waals surface area contributed by atoms with Crippen LogP contribution in [0.15, 0.2) is 23.8 Å². The van der Waals surface area contributed by atoms with Crippen LogP contribution in [0.1, 0.15) is 13.8 Å². The molecule has 0 spiro atoms. The standard InChI is InChI=1S/C7H10O2/c1-3-4-6(2)5-7(8)9/h3-5H,1-2H3,(H,8,9)/b4-3+,6-5-. The van der Waals surface area contributed by atoms with Crippen molar-refractivity contribution < 1.29 is 9.90 Å². The largest absolute Gasteiger partial charge is 0.478 e. The Hall–Kier alpha value is -1.05. The lowest BCUT2D eigenvalue weighted by Crippen LogP contribution is -1.87. The molecule has 0 unspecified atom stereocenters. The Morgan fingerprint density at radius 3 is 2.44 bits per heavy atom. The van der Waals surface area contributed by atoms with E-state index in [4.69, 9.17) is 5.11 Å². The molecule has 2 heteroatoms. The van der Waals surface area contributed by atoms with Crippen molar-refractivity contribution >= 4 is 5.97 Å². The molecule has 0 amide bonds. The summed E-state index contributed by atoms with van der Waals surface area (Å²) in [6.07, 6.45) is 4.71. The zero-order chi connectivity index (χ0) is 7.28. The van der Waals surface area contributed by atoms with Crippen LogP contribution in [0.2, 0.25) is 0 Å². The fourth-order valence-corrected chi connectivity index (χ4v) is 0.506. The highest BCUT2D eigenvalue weighted by molar-refractivity contribution is 5.81. The smallest absolute Gasteiger partial charge is 0.328 e. The molecule has 1 N–H and O–H groups in total. The van der Waals surface area contributed by atoms with Crippen molar-refractivity contribution in [3.63, 3.8) is 0 Å². The van der Waals surface area contributed by atoms with Gasteiger partial charge in [0.25, 0.3) is 0 Å². The van der Waals surface area contributed by atoms with E-state index < -0.39 is 5.97 Å². The summed E-state index contributed by atoms with van der Waals surface area (Å²) in [6, 6.07) is 0. The van der Waals surface area contributed by atoms with Gasteiger partial charge < -0.3 is 5.11 Å². The molecule has 50 valence electrons. The van der Waals surface area contributed by atoms with Gasteiger partial charge in [0.2, 0.25) is 0 Å². The minimum absolute atomic E-state index is 0.755. The average Bonchev–Trinajstić information content (AvgIpc) is 1.63. The van der Waals surface area contributed by atoms with Gasteiger partial charge in [-0.3, -0.25) is 0 Å². The van der Waals surface area contributed by atoms with Gasteiger partial charge in [-0.15, -0.1) is 0 Å². The van der Waals surface area contributed by atoms with Crippen LogP contribution in [0.3, 0.4) is 0 Å². The van der Waals surface area contributed by atoms with Crippen molar-refractivity contribution in [3.05, 3.63) is 23.8 Å². The fraction of sp³-hybridized carbons (Fsp3) is 0.286. The molecular weight excluding hydrogens is 116 g/mol. The molecule has 0 radical (unpaired) electrons. The maximum Gasteiger partial charge on any atom is 0.328 e. The number of carboxylic acid groups (broad SMARTS) is 1. The second-order valence-corrected chi connectivity index (χ2v) is 1.73. The van der Waals surface area contributed by atoms with Gasteiger partial charge in [-0.25, -0.2) is 4.79 Å². The zero-order valence-corrected chi connectivity index (χ0v) is 5.59. The fourth-order valence-electron chi connectivity index (χ4n) is 0.506. The maximum absolute atomic E-state index is 9.97. The molecule has 0 aliphatic carbocycles. The topological polar surface area (TPSA) is 37.3 Å². The van der Waals surface area contributed by atoms with E-state index in [0.717, 1.165) is 5.57 Å². The Labute approximate surface area is 54.5 Å². The zero-order valence-electron chi connectivity index (χ0n) is 5.59. The summed E-state index contributed by atoms with van der Waals surface area (Å²) in [5, 5.41) is 8.20. The number of rotatable bonds is 2. The van der Waals surface area contributed by atoms with E-state index in [2.05, 4.69) is 0 Å². The molecule has 0 aromatic heterocycles. The van der Waals surface area contributed by atoms with Crippen molar-refractivity contribution in [3.8, 4) is 0 Å². The third kappa shape index (κ3) is 4.81. The molecule has 2 nitrogen and oxygen atoms in total. The number of carboxylic acids is 1. The first-order valence-electron chi connectivity index (χ1n) is 2.70. The summed E-state index contributed by atoms with van der Waals surface area (Å²) >= 11 is 0. The van der Waals surface area contributed by atoms with Crippen LogP contribution >= 0.6 is 0 Å². The van der Waals surface area contributed by atoms with Crippen molar-refractivity contribution in [1.29, 1.82) is 0 Å². The minimum atomic E-state index is -0.898. The first-order chi connectivity index (χ1) is 4.16. The second-order valence-electron chi connectivity index (χ2n) is 1.73. The summed E-state index contributed by atoms with van der Waals surface area (Å²) in [5.41, 5.74) is 0.755. The number of allylic oxidation sites excluding steroid dienone is 3. The van der Waals surface area contributed by atoms with Crippen LogP contribution in [-0.2, 0) is 4.79 Å². The van der Waals surface area contributed by atoms with Gasteiger partial charge in [-0.05, 0) is 19.4 Å². The van der Waals surface area contributed by atoms with Gasteiger partial charge in [0, 0.05) is 6.08 Å². The Bertz CT molecular complexity index is 154. The molecule has 9 heavy (non-hydrogen) atoms. The predicted octanol–water partition coefficient (Wildman–Crippen LogP) is 1.59. The molecule has 0 atom stereocenters. The first-order valence-corrected chi connectivity index (χ1v) is 2.70. The Kier molecular flexibility index (Phi) is 3.44. The number of hydrogen-bond donors (Lipinski definition) is 1. The van der Waals surface area contributed by atoms with Gasteiger partial charge in [-0.1, -0.05) is 12.2 Å². The summed E-state index contributed by atoms with van der Waals surface area (Å²) in [6.45, 7) is 3.59. The van der Waals surface area contributed by atoms with E-state index >= 15 is 0 Å². The van der Waals surface area contributed by atoms with Crippen molar-refractivity contribution in [2.75, 3.05) is 0 Å². The van der Waals surface area contributed by atoms with Crippen molar-refractivity contribution in [1.82, 2.24) is 0 Å². The third-order valence-electron chi connectivity index (χ3n) is 0.781. The predicted molar refractivity (Wildman–Crippen MR) is 36.2 cm³/mol. The van der Waals surface area contributed by atoms with Gasteiger partial charge in [0.15, 0.2) is 0 Å². The van der Waals surface area contributed by atoms with E-state index in [-0.39, 0.29) is 0 Å². The lowest BCUT2D eigenvalue weighted by molar-refractivity contribution is -0.131. The van der Waals surface area contributed by atoms with Crippen LogP contribution < -0.4 is 0 Å². The van der Waals surface area contributed by atoms with Gasteiger partial charge in [0.05, 0.1) is 0 Å². The van der Waals surface area contributed by atoms with Gasteiger partial charge in [0.1, 0.15) is 0 Å². The van der Waals surface area contributed by atoms with Crippen LogP contribution in [0.25, 0.3) is 0 Å². The molecular formula is C7H10O2. The molecule has 0 rings (SSSR count). The van der Waals surface area contributed by atoms with Crippen LogP contribution in [0.4, 0.5) is 0 Å². The van der Waals surface area contributed by atoms with E-state index in [9.17, 15) is 4.79 Å². The first kappa shape index (κ1) is 7.95. The Morgan fingerprint density at radius 2 is 2.11 bits per heavy atom. The molecule has 0 saturated heterocycles. The minimum Gasteiger partial charge on any atom is -0.478 e.